The van der Waals surface area contributed by atoms with Crippen LogP contribution in [0.15, 0.2) is 109 Å². The molecule has 0 aliphatic rings. The minimum Gasteiger partial charge on any atom is -0.0654 e. The third-order valence-corrected chi connectivity index (χ3v) is 11.7. The van der Waals surface area contributed by atoms with Gasteiger partial charge in [-0.1, -0.05) is 238 Å². The molecular weight excluding hydrogens is 697 g/mol. The van der Waals surface area contributed by atoms with Gasteiger partial charge in [0, 0.05) is 0 Å². The molecule has 0 saturated heterocycles. The van der Waals surface area contributed by atoms with Crippen molar-refractivity contribution in [1.29, 1.82) is 0 Å². The Kier molecular flexibility index (Phi) is 19.9. The van der Waals surface area contributed by atoms with Gasteiger partial charge in [0.2, 0.25) is 0 Å². The zero-order chi connectivity index (χ0) is 40.6. The van der Waals surface area contributed by atoms with Gasteiger partial charge < -0.3 is 0 Å². The quantitative estimate of drug-likeness (QED) is 0.0388. The van der Waals surface area contributed by atoms with E-state index in [2.05, 4.69) is 161 Å². The van der Waals surface area contributed by atoms with Gasteiger partial charge in [0.25, 0.3) is 0 Å². The minimum atomic E-state index is 1.19. The summed E-state index contributed by atoms with van der Waals surface area (Å²) in [7, 11) is 0. The topological polar surface area (TPSA) is 0 Å². The van der Waals surface area contributed by atoms with Crippen LogP contribution in [0.1, 0.15) is 175 Å². The molecule has 0 heteroatoms. The van der Waals surface area contributed by atoms with Gasteiger partial charge in [-0.25, -0.2) is 0 Å². The molecule has 0 amide bonds. The van der Waals surface area contributed by atoms with E-state index in [1.54, 1.807) is 0 Å². The Balaban J connectivity index is 1.18. The van der Waals surface area contributed by atoms with E-state index in [1.165, 1.54) is 195 Å². The Morgan fingerprint density at radius 2 is 0.500 bits per heavy atom. The van der Waals surface area contributed by atoms with Crippen molar-refractivity contribution in [2.75, 3.05) is 0 Å². The zero-order valence-electron chi connectivity index (χ0n) is 36.8. The lowest BCUT2D eigenvalue weighted by atomic mass is 9.94. The second-order valence-electron chi connectivity index (χ2n) is 16.9. The van der Waals surface area contributed by atoms with Crippen LogP contribution < -0.4 is 0 Å². The maximum absolute atomic E-state index is 2.48. The molecule has 0 unspecified atom stereocenters. The molecule has 0 atom stereocenters. The van der Waals surface area contributed by atoms with Gasteiger partial charge >= 0.3 is 0 Å². The van der Waals surface area contributed by atoms with E-state index < -0.39 is 0 Å². The molecule has 0 heterocycles. The molecule has 58 heavy (non-hydrogen) atoms. The first-order valence-electron chi connectivity index (χ1n) is 23.5. The van der Waals surface area contributed by atoms with Crippen LogP contribution in [-0.4, -0.2) is 0 Å². The van der Waals surface area contributed by atoms with Crippen molar-refractivity contribution < 1.29 is 0 Å². The summed E-state index contributed by atoms with van der Waals surface area (Å²) in [4.78, 5) is 0. The largest absolute Gasteiger partial charge is 0.0654 e. The molecule has 0 saturated carbocycles. The highest BCUT2D eigenvalue weighted by atomic mass is 14.1. The summed E-state index contributed by atoms with van der Waals surface area (Å²) in [5.74, 6) is 0. The van der Waals surface area contributed by atoms with Crippen LogP contribution in [0.2, 0.25) is 0 Å². The van der Waals surface area contributed by atoms with Crippen LogP contribution in [0.4, 0.5) is 0 Å². The maximum atomic E-state index is 2.48. The third-order valence-electron chi connectivity index (χ3n) is 11.7. The van der Waals surface area contributed by atoms with Crippen molar-refractivity contribution in [2.24, 2.45) is 0 Å². The fourth-order valence-electron chi connectivity index (χ4n) is 8.14. The minimum absolute atomic E-state index is 1.19. The van der Waals surface area contributed by atoms with Crippen LogP contribution in [0.5, 0.6) is 0 Å². The highest BCUT2D eigenvalue weighted by Gasteiger charge is 2.07. The molecule has 5 aromatic rings. The van der Waals surface area contributed by atoms with Crippen LogP contribution in [0, 0.1) is 0 Å². The van der Waals surface area contributed by atoms with Crippen LogP contribution in [0.25, 0.3) is 46.6 Å². The molecule has 0 bridgehead atoms. The van der Waals surface area contributed by atoms with E-state index in [-0.39, 0.29) is 0 Å². The summed E-state index contributed by atoms with van der Waals surface area (Å²) in [6, 6.07) is 41.9. The molecule has 0 radical (unpaired) electrons. The predicted octanol–water partition coefficient (Wildman–Crippen LogP) is 17.9. The van der Waals surface area contributed by atoms with Crippen molar-refractivity contribution in [1.82, 2.24) is 0 Å². The fourth-order valence-corrected chi connectivity index (χ4v) is 8.14. The Hall–Kier alpha value is -4.42. The molecule has 0 aliphatic carbocycles. The highest BCUT2D eigenvalue weighted by Crippen LogP contribution is 2.28. The van der Waals surface area contributed by atoms with Crippen molar-refractivity contribution >= 4 is 24.3 Å². The third kappa shape index (κ3) is 15.7. The number of hydrogen-bond donors (Lipinski definition) is 0. The number of hydrogen-bond acceptors (Lipinski definition) is 0. The SMILES string of the molecule is CCCCCCc1cc(CCCCCC)cc(-c2ccc(/C=C/c3ccc(/C=C/c4ccc(-c5cc(CCCCCC)cc(CCCCCC)c5)cc4)cc3)cc2)c1. The summed E-state index contributed by atoms with van der Waals surface area (Å²) < 4.78 is 0. The first-order valence-corrected chi connectivity index (χ1v) is 23.5. The average molecular weight is 771 g/mol. The lowest BCUT2D eigenvalue weighted by Gasteiger charge is -2.11. The fraction of sp³-hybridized carbons (Fsp3) is 0.414. The number of benzene rings is 5. The van der Waals surface area contributed by atoms with E-state index in [0.717, 1.165) is 0 Å². The summed E-state index contributed by atoms with van der Waals surface area (Å²) in [6.45, 7) is 9.18. The average Bonchev–Trinajstić information content (AvgIpc) is 3.26. The summed E-state index contributed by atoms with van der Waals surface area (Å²) in [6.07, 6.45) is 34.7. The Labute approximate surface area is 354 Å². The van der Waals surface area contributed by atoms with Gasteiger partial charge in [-0.3, -0.25) is 0 Å². The van der Waals surface area contributed by atoms with Crippen molar-refractivity contribution in [3.63, 3.8) is 0 Å². The van der Waals surface area contributed by atoms with Gasteiger partial charge in [0.15, 0.2) is 0 Å². The molecule has 0 nitrogen and oxygen atoms in total. The second-order valence-corrected chi connectivity index (χ2v) is 16.9. The predicted molar refractivity (Wildman–Crippen MR) is 259 cm³/mol. The molecule has 5 aromatic carbocycles. The van der Waals surface area contributed by atoms with E-state index in [4.69, 9.17) is 0 Å². The van der Waals surface area contributed by atoms with Crippen LogP contribution in [0.3, 0.4) is 0 Å². The van der Waals surface area contributed by atoms with Gasteiger partial charge in [0.05, 0.1) is 0 Å². The molecule has 0 aromatic heterocycles. The van der Waals surface area contributed by atoms with E-state index in [1.807, 2.05) is 0 Å². The lowest BCUT2D eigenvalue weighted by molar-refractivity contribution is 0.661. The van der Waals surface area contributed by atoms with Gasteiger partial charge in [-0.15, -0.1) is 0 Å². The van der Waals surface area contributed by atoms with Crippen LogP contribution >= 0.6 is 0 Å². The molecule has 306 valence electrons. The smallest absolute Gasteiger partial charge is 0.0179 e. The van der Waals surface area contributed by atoms with E-state index in [9.17, 15) is 0 Å². The molecule has 0 N–H and O–H groups in total. The highest BCUT2D eigenvalue weighted by molar-refractivity contribution is 5.75. The molecular formula is C58H74. The maximum Gasteiger partial charge on any atom is -0.0179 e. The lowest BCUT2D eigenvalue weighted by Crippen LogP contribution is -1.93. The van der Waals surface area contributed by atoms with Gasteiger partial charge in [0.1, 0.15) is 0 Å². The monoisotopic (exact) mass is 771 g/mol. The zero-order valence-corrected chi connectivity index (χ0v) is 36.8. The normalized spacial score (nSPS) is 11.7. The molecule has 0 spiro atoms. The summed E-state index contributed by atoms with van der Waals surface area (Å²) in [5.41, 5.74) is 16.3. The van der Waals surface area contributed by atoms with E-state index >= 15 is 0 Å². The van der Waals surface area contributed by atoms with Gasteiger partial charge in [-0.05, 0) is 118 Å². The number of aryl methyl sites for hydroxylation is 4. The number of rotatable bonds is 26. The van der Waals surface area contributed by atoms with Crippen molar-refractivity contribution in [3.05, 3.63) is 154 Å². The summed E-state index contributed by atoms with van der Waals surface area (Å²) >= 11 is 0. The Bertz CT molecular complexity index is 1730. The number of unbranched alkanes of at least 4 members (excludes halogenated alkanes) is 12. The van der Waals surface area contributed by atoms with Crippen LogP contribution in [-0.2, 0) is 25.7 Å². The van der Waals surface area contributed by atoms with Gasteiger partial charge in [-0.2, -0.15) is 0 Å². The Morgan fingerprint density at radius 1 is 0.259 bits per heavy atom. The van der Waals surface area contributed by atoms with Crippen molar-refractivity contribution in [2.45, 2.75) is 156 Å². The first kappa shape index (κ1) is 44.7. The molecule has 5 rings (SSSR count). The molecule has 0 aliphatic heterocycles. The van der Waals surface area contributed by atoms with E-state index in [0.29, 0.717) is 0 Å². The molecule has 0 fully saturated rings. The standard InChI is InChI=1S/C58H74/c1-5-9-13-17-21-51-41-52(22-18-14-10-6-2)44-57(43-51)55-37-33-49(34-38-55)31-29-47-25-27-48(28-26-47)30-32-50-35-39-56(40-36-50)58-45-53(23-19-15-11-7-3)42-54(46-58)24-20-16-12-8-4/h25-46H,5-24H2,1-4H3/b31-29+,32-30+. The summed E-state index contributed by atoms with van der Waals surface area (Å²) in [5, 5.41) is 0. The van der Waals surface area contributed by atoms with Crippen molar-refractivity contribution in [3.8, 4) is 22.3 Å². The Morgan fingerprint density at radius 3 is 0.741 bits per heavy atom. The second kappa shape index (κ2) is 25.8. The first-order chi connectivity index (χ1) is 28.6.